The average molecular weight is 527 g/mol. The normalized spacial score (nSPS) is 13.2. The van der Waals surface area contributed by atoms with E-state index in [1.165, 1.54) is 0 Å². The molecule has 0 saturated carbocycles. The molecule has 9 heteroatoms. The summed E-state index contributed by atoms with van der Waals surface area (Å²) >= 11 is 0. The van der Waals surface area contributed by atoms with Crippen molar-refractivity contribution in [3.8, 4) is 23.2 Å². The number of fused-ring (bicyclic) bond motifs is 3. The second kappa shape index (κ2) is 11.0. The van der Waals surface area contributed by atoms with E-state index >= 15 is 0 Å². The van der Waals surface area contributed by atoms with Crippen molar-refractivity contribution in [2.24, 2.45) is 0 Å². The lowest BCUT2D eigenvalue weighted by atomic mass is 10.1. The van der Waals surface area contributed by atoms with E-state index in [4.69, 9.17) is 19.6 Å². The molecule has 0 radical (unpaired) electrons. The molecular weight excluding hydrogens is 500 g/mol. The van der Waals surface area contributed by atoms with Crippen LogP contribution in [0.3, 0.4) is 0 Å². The van der Waals surface area contributed by atoms with Gasteiger partial charge in [-0.3, -0.25) is 0 Å². The summed E-state index contributed by atoms with van der Waals surface area (Å²) < 4.78 is 12.6. The summed E-state index contributed by atoms with van der Waals surface area (Å²) in [7, 11) is 1.64. The molecule has 1 aliphatic rings. The predicted molar refractivity (Wildman–Crippen MR) is 151 cm³/mol. The van der Waals surface area contributed by atoms with Gasteiger partial charge in [0, 0.05) is 36.3 Å². The predicted octanol–water partition coefficient (Wildman–Crippen LogP) is 5.30. The maximum Gasteiger partial charge on any atom is 0.182 e. The van der Waals surface area contributed by atoms with E-state index in [-0.39, 0.29) is 12.4 Å². The number of pyridine rings is 1. The van der Waals surface area contributed by atoms with Gasteiger partial charge < -0.3 is 19.7 Å². The number of morpholine rings is 1. The Bertz CT molecular complexity index is 1610. The Hall–Kier alpha value is -4.32. The number of halogens is 1. The van der Waals surface area contributed by atoms with E-state index < -0.39 is 0 Å². The fourth-order valence-corrected chi connectivity index (χ4v) is 4.75. The van der Waals surface area contributed by atoms with Crippen LogP contribution in [-0.2, 0) is 11.3 Å². The molecule has 0 spiro atoms. The van der Waals surface area contributed by atoms with E-state index in [0.717, 1.165) is 52.2 Å². The van der Waals surface area contributed by atoms with Crippen LogP contribution in [-0.4, -0.2) is 48.0 Å². The van der Waals surface area contributed by atoms with Crippen LogP contribution < -0.4 is 15.0 Å². The zero-order valence-corrected chi connectivity index (χ0v) is 21.7. The Morgan fingerprint density at radius 1 is 1.03 bits per heavy atom. The minimum Gasteiger partial charge on any atom is -0.497 e. The van der Waals surface area contributed by atoms with E-state index in [9.17, 15) is 5.26 Å². The summed E-state index contributed by atoms with van der Waals surface area (Å²) in [6.07, 6.45) is 0. The van der Waals surface area contributed by atoms with Crippen LogP contribution in [0.25, 0.3) is 27.9 Å². The monoisotopic (exact) mass is 526 g/mol. The van der Waals surface area contributed by atoms with Gasteiger partial charge in [0.2, 0.25) is 0 Å². The van der Waals surface area contributed by atoms with Gasteiger partial charge in [0.05, 0.1) is 31.5 Å². The Morgan fingerprint density at radius 2 is 1.79 bits per heavy atom. The van der Waals surface area contributed by atoms with Gasteiger partial charge in [0.1, 0.15) is 17.4 Å². The van der Waals surface area contributed by atoms with E-state index in [0.29, 0.717) is 36.8 Å². The molecule has 0 atom stereocenters. The van der Waals surface area contributed by atoms with E-state index in [1.54, 1.807) is 11.6 Å². The molecule has 38 heavy (non-hydrogen) atoms. The van der Waals surface area contributed by atoms with Gasteiger partial charge in [-0.15, -0.1) is 17.5 Å². The smallest absolute Gasteiger partial charge is 0.182 e. The van der Waals surface area contributed by atoms with Crippen molar-refractivity contribution in [2.45, 2.75) is 6.54 Å². The number of hydrogen-bond donors (Lipinski definition) is 1. The molecule has 1 N–H and O–H groups in total. The number of nitrogens with one attached hydrogen (secondary N) is 1. The fraction of sp³-hybridized carbons (Fsp3) is 0.207. The van der Waals surface area contributed by atoms with Gasteiger partial charge >= 0.3 is 0 Å². The van der Waals surface area contributed by atoms with Crippen LogP contribution in [0.15, 0.2) is 72.8 Å². The molecule has 6 rings (SSSR count). The summed E-state index contributed by atoms with van der Waals surface area (Å²) in [5, 5.41) is 19.6. The first-order chi connectivity index (χ1) is 18.2. The fourth-order valence-electron chi connectivity index (χ4n) is 4.75. The van der Waals surface area contributed by atoms with Crippen molar-refractivity contribution in [3.05, 3.63) is 83.9 Å². The first-order valence-electron chi connectivity index (χ1n) is 12.3. The SMILES string of the molecule is COc1ccc(-c2nc3c(C#N)c(NCc4ccccc4)c4cc(N5CCOCC5)ccc4n3n2)cc1.Cl. The molecule has 3 heterocycles. The molecular formula is C29H27ClN6O2. The maximum absolute atomic E-state index is 10.3. The molecule has 1 fully saturated rings. The van der Waals surface area contributed by atoms with Crippen molar-refractivity contribution in [2.75, 3.05) is 43.6 Å². The zero-order chi connectivity index (χ0) is 25.2. The van der Waals surface area contributed by atoms with Gasteiger partial charge in [0.25, 0.3) is 0 Å². The number of nitrogens with zero attached hydrogens (tertiary/aromatic N) is 5. The molecule has 2 aromatic heterocycles. The summed E-state index contributed by atoms with van der Waals surface area (Å²) in [6.45, 7) is 3.65. The van der Waals surface area contributed by atoms with Crippen molar-refractivity contribution < 1.29 is 9.47 Å². The number of hydrogen-bond acceptors (Lipinski definition) is 7. The third-order valence-corrected chi connectivity index (χ3v) is 6.71. The topological polar surface area (TPSA) is 87.7 Å². The summed E-state index contributed by atoms with van der Waals surface area (Å²) in [4.78, 5) is 7.12. The lowest BCUT2D eigenvalue weighted by Crippen LogP contribution is -2.36. The minimum atomic E-state index is 0. The van der Waals surface area contributed by atoms with Crippen LogP contribution in [0.5, 0.6) is 5.75 Å². The highest BCUT2D eigenvalue weighted by Crippen LogP contribution is 2.35. The van der Waals surface area contributed by atoms with E-state index in [1.807, 2.05) is 42.5 Å². The Labute approximate surface area is 226 Å². The number of benzene rings is 3. The van der Waals surface area contributed by atoms with Crippen LogP contribution in [0.4, 0.5) is 11.4 Å². The second-order valence-corrected chi connectivity index (χ2v) is 8.90. The van der Waals surface area contributed by atoms with Crippen LogP contribution in [0.2, 0.25) is 0 Å². The van der Waals surface area contributed by atoms with Crippen molar-refractivity contribution >= 4 is 40.3 Å². The van der Waals surface area contributed by atoms with Gasteiger partial charge in [-0.2, -0.15) is 5.26 Å². The highest BCUT2D eigenvalue weighted by molar-refractivity contribution is 6.00. The molecule has 192 valence electrons. The Morgan fingerprint density at radius 3 is 2.50 bits per heavy atom. The van der Waals surface area contributed by atoms with Crippen LogP contribution in [0, 0.1) is 11.3 Å². The molecule has 0 bridgehead atoms. The molecule has 0 amide bonds. The maximum atomic E-state index is 10.3. The number of methoxy groups -OCH3 is 1. The van der Waals surface area contributed by atoms with Gasteiger partial charge in [0.15, 0.2) is 11.5 Å². The third-order valence-electron chi connectivity index (χ3n) is 6.71. The molecule has 1 saturated heterocycles. The molecule has 1 aliphatic heterocycles. The molecule has 5 aromatic rings. The number of rotatable bonds is 6. The van der Waals surface area contributed by atoms with Gasteiger partial charge in [-0.25, -0.2) is 9.50 Å². The second-order valence-electron chi connectivity index (χ2n) is 8.90. The van der Waals surface area contributed by atoms with Gasteiger partial charge in [-0.1, -0.05) is 30.3 Å². The summed E-state index contributed by atoms with van der Waals surface area (Å²) in [6, 6.07) is 26.5. The molecule has 0 aliphatic carbocycles. The quantitative estimate of drug-likeness (QED) is 0.321. The molecule has 3 aromatic carbocycles. The van der Waals surface area contributed by atoms with Crippen molar-refractivity contribution in [3.63, 3.8) is 0 Å². The lowest BCUT2D eigenvalue weighted by molar-refractivity contribution is 0.122. The lowest BCUT2D eigenvalue weighted by Gasteiger charge is -2.29. The van der Waals surface area contributed by atoms with Crippen LogP contribution >= 0.6 is 12.4 Å². The number of ether oxygens (including phenoxy) is 2. The average Bonchev–Trinajstić information content (AvgIpc) is 3.42. The summed E-state index contributed by atoms with van der Waals surface area (Å²) in [5.74, 6) is 1.32. The Balaban J connectivity index is 0.00000294. The highest BCUT2D eigenvalue weighted by atomic mass is 35.5. The van der Waals surface area contributed by atoms with Crippen molar-refractivity contribution in [1.29, 1.82) is 5.26 Å². The van der Waals surface area contributed by atoms with E-state index in [2.05, 4.69) is 46.6 Å². The molecule has 8 nitrogen and oxygen atoms in total. The number of aromatic nitrogens is 3. The third kappa shape index (κ3) is 4.70. The van der Waals surface area contributed by atoms with Crippen LogP contribution in [0.1, 0.15) is 11.1 Å². The van der Waals surface area contributed by atoms with Crippen molar-refractivity contribution in [1.82, 2.24) is 14.6 Å². The van der Waals surface area contributed by atoms with Gasteiger partial charge in [-0.05, 0) is 48.0 Å². The first kappa shape index (κ1) is 25.3. The largest absolute Gasteiger partial charge is 0.497 e. The number of anilines is 2. The summed E-state index contributed by atoms with van der Waals surface area (Å²) in [5.41, 5.74) is 5.71. The highest BCUT2D eigenvalue weighted by Gasteiger charge is 2.21. The zero-order valence-electron chi connectivity index (χ0n) is 20.9. The first-order valence-corrected chi connectivity index (χ1v) is 12.3. The molecule has 0 unspecified atom stereocenters. The standard InChI is InChI=1S/C29H26N6O2.ClH/c1-36-23-10-7-21(8-11-23)28-32-29-25(18-30)27(31-19-20-5-3-2-4-6-20)24-17-22(34-13-15-37-16-14-34)9-12-26(24)35(29)33-28;/h2-12,17,31H,13-16,19H2,1H3;1H. The minimum absolute atomic E-state index is 0. The number of nitriles is 1. The Kier molecular flexibility index (Phi) is 7.31.